The Balaban J connectivity index is 4.07. The largest absolute Gasteiger partial charge is 0.398 e. The van der Waals surface area contributed by atoms with Gasteiger partial charge in [-0.15, -0.1) is 0 Å². The second-order valence-corrected chi connectivity index (χ2v) is 5.18. The van der Waals surface area contributed by atoms with Gasteiger partial charge in [-0.1, -0.05) is 25.8 Å². The summed E-state index contributed by atoms with van der Waals surface area (Å²) < 4.78 is 46.2. The fraction of sp³-hybridized carbons (Fsp3) is 0.750. The minimum Gasteiger partial charge on any atom is -0.341 e. The van der Waals surface area contributed by atoms with Crippen LogP contribution in [-0.2, 0) is 4.57 Å². The zero-order chi connectivity index (χ0) is 11.2. The quantitative estimate of drug-likeness (QED) is 0.579. The van der Waals surface area contributed by atoms with Crippen LogP contribution < -0.4 is 0 Å². The molecule has 0 saturated carbocycles. The molecule has 6 heteroatoms. The van der Waals surface area contributed by atoms with Crippen molar-refractivity contribution >= 4 is 7.37 Å². The Bertz CT molecular complexity index is 235. The monoisotopic (exact) mass is 230 g/mol. The molecular formula is C8H14F3O2P. The Labute approximate surface area is 81.3 Å². The van der Waals surface area contributed by atoms with Gasteiger partial charge in [0.25, 0.3) is 0 Å². The molecule has 0 aromatic rings. The van der Waals surface area contributed by atoms with Gasteiger partial charge in [-0.25, -0.2) is 0 Å². The van der Waals surface area contributed by atoms with E-state index in [1.54, 1.807) is 0 Å². The molecule has 0 amide bonds. The van der Waals surface area contributed by atoms with Gasteiger partial charge in [0.15, 0.2) is 0 Å². The van der Waals surface area contributed by atoms with Gasteiger partial charge in [-0.2, -0.15) is 13.2 Å². The van der Waals surface area contributed by atoms with Gasteiger partial charge in [0, 0.05) is 0 Å². The Hall–Kier alpha value is -0.280. The fourth-order valence-electron chi connectivity index (χ4n) is 0.871. The molecule has 0 aromatic carbocycles. The molecule has 0 aliphatic rings. The van der Waals surface area contributed by atoms with Crippen LogP contribution in [0, 0.1) is 0 Å². The van der Waals surface area contributed by atoms with E-state index < -0.39 is 19.7 Å². The summed E-state index contributed by atoms with van der Waals surface area (Å²) in [6.45, 7) is 1.93. The van der Waals surface area contributed by atoms with E-state index in [-0.39, 0.29) is 0 Å². The molecule has 0 spiro atoms. The first kappa shape index (κ1) is 13.7. The van der Waals surface area contributed by atoms with Crippen LogP contribution in [0.1, 0.15) is 26.2 Å². The predicted octanol–water partition coefficient (Wildman–Crippen LogP) is 3.52. The summed E-state index contributed by atoms with van der Waals surface area (Å²) in [6, 6.07) is 0. The molecule has 0 aliphatic carbocycles. The molecule has 1 atom stereocenters. The summed E-state index contributed by atoms with van der Waals surface area (Å²) >= 11 is 0. The van der Waals surface area contributed by atoms with E-state index in [0.29, 0.717) is 6.42 Å². The average Bonchev–Trinajstić information content (AvgIpc) is 1.93. The fourth-order valence-corrected chi connectivity index (χ4v) is 1.97. The van der Waals surface area contributed by atoms with Crippen molar-refractivity contribution in [1.82, 2.24) is 0 Å². The Morgan fingerprint density at radius 2 is 2.00 bits per heavy atom. The van der Waals surface area contributed by atoms with Crippen molar-refractivity contribution in [2.75, 3.05) is 6.16 Å². The Kier molecular flexibility index (Phi) is 5.45. The molecule has 14 heavy (non-hydrogen) atoms. The Morgan fingerprint density at radius 3 is 2.43 bits per heavy atom. The van der Waals surface area contributed by atoms with Crippen LogP contribution in [0.3, 0.4) is 0 Å². The first-order chi connectivity index (χ1) is 6.27. The molecule has 0 saturated heterocycles. The van der Waals surface area contributed by atoms with Crippen LogP contribution >= 0.6 is 7.37 Å². The third-order valence-electron chi connectivity index (χ3n) is 1.47. The highest BCUT2D eigenvalue weighted by Crippen LogP contribution is 2.47. The summed E-state index contributed by atoms with van der Waals surface area (Å²) in [7, 11) is -4.16. The molecule has 1 unspecified atom stereocenters. The SMILES string of the molecule is CCCCC=CP(=O)(O)CC(F)(F)F. The third kappa shape index (κ3) is 8.32. The van der Waals surface area contributed by atoms with E-state index in [1.807, 2.05) is 6.92 Å². The lowest BCUT2D eigenvalue weighted by Gasteiger charge is -2.09. The summed E-state index contributed by atoms with van der Waals surface area (Å²) in [4.78, 5) is 8.90. The van der Waals surface area contributed by atoms with Gasteiger partial charge in [0.05, 0.1) is 0 Å². The molecule has 0 aliphatic heterocycles. The maximum absolute atomic E-state index is 11.8. The van der Waals surface area contributed by atoms with Crippen molar-refractivity contribution in [1.29, 1.82) is 0 Å². The van der Waals surface area contributed by atoms with Crippen LogP contribution in [-0.4, -0.2) is 17.2 Å². The minimum atomic E-state index is -4.58. The van der Waals surface area contributed by atoms with Gasteiger partial charge in [0.1, 0.15) is 6.16 Å². The lowest BCUT2D eigenvalue weighted by atomic mass is 10.2. The average molecular weight is 230 g/mol. The number of allylic oxidation sites excluding steroid dienone is 1. The van der Waals surface area contributed by atoms with Gasteiger partial charge in [-0.05, 0) is 12.2 Å². The molecular weight excluding hydrogens is 216 g/mol. The summed E-state index contributed by atoms with van der Waals surface area (Å²) in [5.74, 6) is 0.788. The first-order valence-corrected chi connectivity index (χ1v) is 6.24. The number of hydrogen-bond donors (Lipinski definition) is 1. The van der Waals surface area contributed by atoms with Gasteiger partial charge in [0.2, 0.25) is 7.37 Å². The van der Waals surface area contributed by atoms with E-state index in [2.05, 4.69) is 0 Å². The molecule has 1 N–H and O–H groups in total. The molecule has 0 radical (unpaired) electrons. The van der Waals surface area contributed by atoms with Crippen LogP contribution in [0.25, 0.3) is 0 Å². The second kappa shape index (κ2) is 5.56. The van der Waals surface area contributed by atoms with E-state index >= 15 is 0 Å². The standard InChI is InChI=1S/C8H14F3O2P/c1-2-3-4-5-6-14(12,13)7-8(9,10)11/h5-6H,2-4,7H2,1H3,(H,12,13). The lowest BCUT2D eigenvalue weighted by molar-refractivity contribution is -0.107. The van der Waals surface area contributed by atoms with Crippen LogP contribution in [0.15, 0.2) is 11.9 Å². The molecule has 0 heterocycles. The zero-order valence-corrected chi connectivity index (χ0v) is 8.81. The number of halogens is 3. The molecule has 0 bridgehead atoms. The van der Waals surface area contributed by atoms with Crippen molar-refractivity contribution in [3.63, 3.8) is 0 Å². The highest BCUT2D eigenvalue weighted by molar-refractivity contribution is 7.61. The van der Waals surface area contributed by atoms with Crippen molar-refractivity contribution < 1.29 is 22.6 Å². The summed E-state index contributed by atoms with van der Waals surface area (Å²) in [5.41, 5.74) is 0. The van der Waals surface area contributed by atoms with Crippen LogP contribution in [0.2, 0.25) is 0 Å². The van der Waals surface area contributed by atoms with Gasteiger partial charge < -0.3 is 4.89 Å². The van der Waals surface area contributed by atoms with Crippen molar-refractivity contribution in [2.45, 2.75) is 32.4 Å². The molecule has 0 fully saturated rings. The molecule has 84 valence electrons. The van der Waals surface area contributed by atoms with Crippen LogP contribution in [0.5, 0.6) is 0 Å². The first-order valence-electron chi connectivity index (χ1n) is 4.33. The highest BCUT2D eigenvalue weighted by Gasteiger charge is 2.36. The maximum Gasteiger partial charge on any atom is 0.398 e. The number of unbranched alkanes of at least 4 members (excludes halogenated alkanes) is 2. The van der Waals surface area contributed by atoms with Crippen molar-refractivity contribution in [3.05, 3.63) is 11.9 Å². The number of hydrogen-bond acceptors (Lipinski definition) is 1. The number of rotatable bonds is 5. The zero-order valence-electron chi connectivity index (χ0n) is 7.92. The molecule has 0 aromatic heterocycles. The van der Waals surface area contributed by atoms with E-state index in [0.717, 1.165) is 18.7 Å². The Morgan fingerprint density at radius 1 is 1.43 bits per heavy atom. The van der Waals surface area contributed by atoms with Gasteiger partial charge >= 0.3 is 6.18 Å². The van der Waals surface area contributed by atoms with E-state index in [9.17, 15) is 17.7 Å². The van der Waals surface area contributed by atoms with E-state index in [1.165, 1.54) is 6.08 Å². The van der Waals surface area contributed by atoms with Gasteiger partial charge in [-0.3, -0.25) is 4.57 Å². The van der Waals surface area contributed by atoms with Crippen LogP contribution in [0.4, 0.5) is 13.2 Å². The predicted molar refractivity (Wildman–Crippen MR) is 49.4 cm³/mol. The topological polar surface area (TPSA) is 37.3 Å². The molecule has 2 nitrogen and oxygen atoms in total. The summed E-state index contributed by atoms with van der Waals surface area (Å²) in [6.07, 6.45) is -2.63. The second-order valence-electron chi connectivity index (χ2n) is 3.06. The molecule has 0 rings (SSSR count). The van der Waals surface area contributed by atoms with Crippen molar-refractivity contribution in [2.24, 2.45) is 0 Å². The highest BCUT2D eigenvalue weighted by atomic mass is 31.2. The third-order valence-corrected chi connectivity index (χ3v) is 2.96. The number of alkyl halides is 3. The lowest BCUT2D eigenvalue weighted by Crippen LogP contribution is -2.13. The maximum atomic E-state index is 11.8. The smallest absolute Gasteiger partial charge is 0.341 e. The van der Waals surface area contributed by atoms with E-state index in [4.69, 9.17) is 4.89 Å². The summed E-state index contributed by atoms with van der Waals surface area (Å²) in [5, 5.41) is 0. The van der Waals surface area contributed by atoms with Crippen molar-refractivity contribution in [3.8, 4) is 0 Å². The minimum absolute atomic E-state index is 0.541. The normalized spacial score (nSPS) is 17.2.